The van der Waals surface area contributed by atoms with Crippen molar-refractivity contribution in [3.63, 3.8) is 0 Å². The molecule has 0 aliphatic carbocycles. The van der Waals surface area contributed by atoms with Crippen LogP contribution in [0.2, 0.25) is 0 Å². The molecule has 2 aliphatic heterocycles. The molecule has 0 N–H and O–H groups in total. The molecule has 126 valence electrons. The van der Waals surface area contributed by atoms with Gasteiger partial charge in [0.1, 0.15) is 11.6 Å². The lowest BCUT2D eigenvalue weighted by Crippen LogP contribution is -2.38. The summed E-state index contributed by atoms with van der Waals surface area (Å²) in [7, 11) is 0. The smallest absolute Gasteiger partial charge is 0.219 e. The molecule has 1 saturated heterocycles. The second kappa shape index (κ2) is 6.18. The molecule has 0 atom stereocenters. The number of hydrogen-bond donors (Lipinski definition) is 0. The number of anilines is 1. The molecule has 0 spiro atoms. The van der Waals surface area contributed by atoms with Crippen molar-refractivity contribution in [3.05, 3.63) is 30.2 Å². The maximum Gasteiger partial charge on any atom is 0.219 e. The van der Waals surface area contributed by atoms with Crippen molar-refractivity contribution in [2.45, 2.75) is 38.8 Å². The standard InChI is InChI=1S/C16H21N7O/c1-12(24)22-8-9-23-15(11-22)19-20-16(23)13-2-6-21(7-3-13)14-10-17-4-5-18-14/h4-5,10,13H,2-3,6-9,11H2,1H3. The fourth-order valence-electron chi connectivity index (χ4n) is 3.57. The Bertz CT molecular complexity index is 721. The number of aromatic nitrogens is 5. The van der Waals surface area contributed by atoms with Gasteiger partial charge >= 0.3 is 0 Å². The third-order valence-corrected chi connectivity index (χ3v) is 4.96. The summed E-state index contributed by atoms with van der Waals surface area (Å²) in [6.07, 6.45) is 7.31. The van der Waals surface area contributed by atoms with Crippen molar-refractivity contribution in [2.24, 2.45) is 0 Å². The van der Waals surface area contributed by atoms with E-state index >= 15 is 0 Å². The first-order valence-electron chi connectivity index (χ1n) is 8.41. The molecule has 8 heteroatoms. The minimum atomic E-state index is 0.100. The summed E-state index contributed by atoms with van der Waals surface area (Å²) in [6.45, 7) is 5.61. The second-order valence-corrected chi connectivity index (χ2v) is 6.39. The Morgan fingerprint density at radius 1 is 1.12 bits per heavy atom. The summed E-state index contributed by atoms with van der Waals surface area (Å²) in [5, 5.41) is 8.77. The van der Waals surface area contributed by atoms with Gasteiger partial charge in [0.05, 0.1) is 12.7 Å². The number of hydrogen-bond acceptors (Lipinski definition) is 6. The first-order valence-corrected chi connectivity index (χ1v) is 8.41. The third-order valence-electron chi connectivity index (χ3n) is 4.96. The Morgan fingerprint density at radius 2 is 1.96 bits per heavy atom. The van der Waals surface area contributed by atoms with Crippen LogP contribution in [0.1, 0.15) is 37.3 Å². The number of carbonyl (C=O) groups is 1. The fourth-order valence-corrected chi connectivity index (χ4v) is 3.57. The zero-order valence-corrected chi connectivity index (χ0v) is 13.8. The van der Waals surface area contributed by atoms with Crippen LogP contribution in [0, 0.1) is 0 Å². The van der Waals surface area contributed by atoms with E-state index in [9.17, 15) is 4.79 Å². The summed E-state index contributed by atoms with van der Waals surface area (Å²) >= 11 is 0. The summed E-state index contributed by atoms with van der Waals surface area (Å²) < 4.78 is 2.21. The lowest BCUT2D eigenvalue weighted by Gasteiger charge is -2.33. The highest BCUT2D eigenvalue weighted by atomic mass is 16.2. The van der Waals surface area contributed by atoms with E-state index in [1.54, 1.807) is 19.3 Å². The van der Waals surface area contributed by atoms with Crippen LogP contribution in [0.15, 0.2) is 18.6 Å². The number of fused-ring (bicyclic) bond motifs is 1. The number of amides is 1. The van der Waals surface area contributed by atoms with E-state index in [4.69, 9.17) is 0 Å². The molecule has 0 aromatic carbocycles. The fraction of sp³-hybridized carbons (Fsp3) is 0.562. The molecule has 4 rings (SSSR count). The van der Waals surface area contributed by atoms with Gasteiger partial charge in [-0.05, 0) is 12.8 Å². The molecule has 8 nitrogen and oxygen atoms in total. The monoisotopic (exact) mass is 327 g/mol. The first kappa shape index (κ1) is 15.0. The topological polar surface area (TPSA) is 80.0 Å². The van der Waals surface area contributed by atoms with Crippen LogP contribution < -0.4 is 4.90 Å². The predicted molar refractivity (Wildman–Crippen MR) is 87.3 cm³/mol. The van der Waals surface area contributed by atoms with Gasteiger partial charge in [-0.15, -0.1) is 10.2 Å². The van der Waals surface area contributed by atoms with Crippen molar-refractivity contribution in [1.29, 1.82) is 0 Å². The third kappa shape index (κ3) is 2.72. The van der Waals surface area contributed by atoms with Gasteiger partial charge in [-0.1, -0.05) is 0 Å². The normalized spacial score (nSPS) is 18.5. The molecule has 2 aliphatic rings. The highest BCUT2D eigenvalue weighted by molar-refractivity contribution is 5.73. The molecular weight excluding hydrogens is 306 g/mol. The molecule has 4 heterocycles. The number of carbonyl (C=O) groups excluding carboxylic acids is 1. The van der Waals surface area contributed by atoms with E-state index in [0.717, 1.165) is 56.5 Å². The van der Waals surface area contributed by atoms with Crippen LogP contribution in [-0.2, 0) is 17.9 Å². The van der Waals surface area contributed by atoms with Gasteiger partial charge in [-0.25, -0.2) is 4.98 Å². The molecule has 0 unspecified atom stereocenters. The Morgan fingerprint density at radius 3 is 2.67 bits per heavy atom. The highest BCUT2D eigenvalue weighted by Gasteiger charge is 2.29. The molecule has 2 aromatic rings. The van der Waals surface area contributed by atoms with Crippen LogP contribution in [-0.4, -0.2) is 55.2 Å². The molecule has 0 saturated carbocycles. The van der Waals surface area contributed by atoms with Gasteiger partial charge in [0, 0.05) is 51.4 Å². The highest BCUT2D eigenvalue weighted by Crippen LogP contribution is 2.30. The van der Waals surface area contributed by atoms with Gasteiger partial charge in [0.15, 0.2) is 5.82 Å². The zero-order valence-electron chi connectivity index (χ0n) is 13.8. The molecular formula is C16H21N7O. The first-order chi connectivity index (χ1) is 11.7. The van der Waals surface area contributed by atoms with E-state index in [1.165, 1.54) is 0 Å². The molecule has 0 bridgehead atoms. The van der Waals surface area contributed by atoms with Gasteiger partial charge in [-0.2, -0.15) is 0 Å². The van der Waals surface area contributed by atoms with Crippen LogP contribution in [0.4, 0.5) is 5.82 Å². The van der Waals surface area contributed by atoms with Crippen LogP contribution in [0.25, 0.3) is 0 Å². The largest absolute Gasteiger partial charge is 0.355 e. The van der Waals surface area contributed by atoms with Crippen molar-refractivity contribution in [3.8, 4) is 0 Å². The van der Waals surface area contributed by atoms with Crippen LogP contribution >= 0.6 is 0 Å². The second-order valence-electron chi connectivity index (χ2n) is 6.39. The van der Waals surface area contributed by atoms with E-state index in [0.29, 0.717) is 12.5 Å². The van der Waals surface area contributed by atoms with Gasteiger partial charge in [-0.3, -0.25) is 9.78 Å². The average molecular weight is 327 g/mol. The summed E-state index contributed by atoms with van der Waals surface area (Å²) in [5.41, 5.74) is 0. The van der Waals surface area contributed by atoms with E-state index in [2.05, 4.69) is 29.6 Å². The molecule has 0 radical (unpaired) electrons. The maximum absolute atomic E-state index is 11.5. The minimum Gasteiger partial charge on any atom is -0.355 e. The number of piperidine rings is 1. The van der Waals surface area contributed by atoms with Crippen molar-refractivity contribution >= 4 is 11.7 Å². The van der Waals surface area contributed by atoms with Crippen molar-refractivity contribution in [2.75, 3.05) is 24.5 Å². The number of rotatable bonds is 2. The quantitative estimate of drug-likeness (QED) is 0.812. The lowest BCUT2D eigenvalue weighted by atomic mass is 9.96. The summed E-state index contributed by atoms with van der Waals surface area (Å²) in [4.78, 5) is 24.2. The van der Waals surface area contributed by atoms with Crippen LogP contribution in [0.5, 0.6) is 0 Å². The predicted octanol–water partition coefficient (Wildman–Crippen LogP) is 0.814. The van der Waals surface area contributed by atoms with E-state index in [-0.39, 0.29) is 5.91 Å². The Balaban J connectivity index is 1.45. The van der Waals surface area contributed by atoms with E-state index in [1.807, 2.05) is 11.1 Å². The van der Waals surface area contributed by atoms with Gasteiger partial charge in [0.2, 0.25) is 5.91 Å². The van der Waals surface area contributed by atoms with Crippen LogP contribution in [0.3, 0.4) is 0 Å². The SMILES string of the molecule is CC(=O)N1CCn2c(nnc2C2CCN(c3cnccn3)CC2)C1. The Hall–Kier alpha value is -2.51. The maximum atomic E-state index is 11.5. The number of nitrogens with zero attached hydrogens (tertiary/aromatic N) is 7. The zero-order chi connectivity index (χ0) is 16.5. The minimum absolute atomic E-state index is 0.100. The van der Waals surface area contributed by atoms with Crippen molar-refractivity contribution in [1.82, 2.24) is 29.6 Å². The average Bonchev–Trinajstić information content (AvgIpc) is 3.06. The Labute approximate surface area is 140 Å². The Kier molecular flexibility index (Phi) is 3.87. The van der Waals surface area contributed by atoms with E-state index < -0.39 is 0 Å². The molecule has 1 fully saturated rings. The molecule has 24 heavy (non-hydrogen) atoms. The summed E-state index contributed by atoms with van der Waals surface area (Å²) in [6, 6.07) is 0. The lowest BCUT2D eigenvalue weighted by molar-refractivity contribution is -0.130. The molecule has 1 amide bonds. The van der Waals surface area contributed by atoms with Gasteiger partial charge in [0.25, 0.3) is 0 Å². The van der Waals surface area contributed by atoms with Crippen molar-refractivity contribution < 1.29 is 4.79 Å². The summed E-state index contributed by atoms with van der Waals surface area (Å²) in [5.74, 6) is 3.44. The van der Waals surface area contributed by atoms with Gasteiger partial charge < -0.3 is 14.4 Å². The molecule has 2 aromatic heterocycles.